The number of hydrogen-bond acceptors (Lipinski definition) is 3. The van der Waals surface area contributed by atoms with Gasteiger partial charge in [-0.05, 0) is 22.9 Å². The molecule has 1 aromatic rings. The first-order chi connectivity index (χ1) is 5.34. The van der Waals surface area contributed by atoms with Gasteiger partial charge >= 0.3 is 10.2 Å². The van der Waals surface area contributed by atoms with Gasteiger partial charge in [-0.1, -0.05) is 3.89 Å². The van der Waals surface area contributed by atoms with Crippen LogP contribution in [-0.2, 0) is 17.3 Å². The first kappa shape index (κ1) is 9.66. The topological polar surface area (TPSA) is 52.0 Å². The number of rotatable bonds is 1. The van der Waals surface area contributed by atoms with Gasteiger partial charge in [0.2, 0.25) is 5.03 Å². The second-order valence-electron chi connectivity index (χ2n) is 2.27. The van der Waals surface area contributed by atoms with Gasteiger partial charge in [-0.25, -0.2) is 0 Å². The minimum absolute atomic E-state index is 0.174. The lowest BCUT2D eigenvalue weighted by Gasteiger charge is -1.89. The Morgan fingerprint density at radius 1 is 1.58 bits per heavy atom. The summed E-state index contributed by atoms with van der Waals surface area (Å²) in [5, 5.41) is 2.92. The van der Waals surface area contributed by atoms with E-state index in [1.165, 1.54) is 11.7 Å². The van der Waals surface area contributed by atoms with Crippen molar-refractivity contribution in [2.75, 3.05) is 0 Å². The summed E-state index contributed by atoms with van der Waals surface area (Å²) < 4.78 is 34.8. The van der Waals surface area contributed by atoms with Crippen LogP contribution in [0.3, 0.4) is 0 Å². The van der Waals surface area contributed by atoms with Crippen LogP contribution in [0.1, 0.15) is 5.69 Å². The molecule has 4 nitrogen and oxygen atoms in total. The molecule has 0 aromatic carbocycles. The van der Waals surface area contributed by atoms with Gasteiger partial charge in [0.15, 0.2) is 0 Å². The molecule has 1 rings (SSSR count). The van der Waals surface area contributed by atoms with Gasteiger partial charge in [0.1, 0.15) is 0 Å². The van der Waals surface area contributed by atoms with E-state index >= 15 is 0 Å². The Morgan fingerprint density at radius 2 is 2.08 bits per heavy atom. The molecule has 7 heteroatoms. The Labute approximate surface area is 77.7 Å². The first-order valence-electron chi connectivity index (χ1n) is 2.98. The van der Waals surface area contributed by atoms with E-state index in [2.05, 4.69) is 21.0 Å². The summed E-state index contributed by atoms with van der Waals surface area (Å²) in [6.07, 6.45) is 0. The molecule has 0 radical (unpaired) electrons. The molecule has 0 saturated heterocycles. The van der Waals surface area contributed by atoms with E-state index in [1.807, 2.05) is 0 Å². The molecule has 0 bridgehead atoms. The Kier molecular flexibility index (Phi) is 2.26. The molecular formula is C5H6BrFN2O2S. The summed E-state index contributed by atoms with van der Waals surface area (Å²) in [5.41, 5.74) is 0.561. The van der Waals surface area contributed by atoms with Gasteiger partial charge in [-0.3, -0.25) is 4.68 Å². The largest absolute Gasteiger partial charge is 0.352 e. The Morgan fingerprint density at radius 3 is 2.25 bits per heavy atom. The number of hydrogen-bond donors (Lipinski definition) is 0. The van der Waals surface area contributed by atoms with Crippen LogP contribution >= 0.6 is 15.9 Å². The second kappa shape index (κ2) is 2.81. The van der Waals surface area contributed by atoms with Crippen molar-refractivity contribution in [3.05, 3.63) is 10.2 Å². The van der Waals surface area contributed by atoms with Crippen molar-refractivity contribution < 1.29 is 12.3 Å². The van der Waals surface area contributed by atoms with E-state index < -0.39 is 15.2 Å². The minimum atomic E-state index is -4.71. The molecule has 1 heterocycles. The zero-order chi connectivity index (χ0) is 9.52. The lowest BCUT2D eigenvalue weighted by Crippen LogP contribution is -1.96. The van der Waals surface area contributed by atoms with E-state index in [4.69, 9.17) is 0 Å². The highest BCUT2D eigenvalue weighted by molar-refractivity contribution is 9.10. The van der Waals surface area contributed by atoms with E-state index in [0.29, 0.717) is 5.69 Å². The number of aromatic nitrogens is 2. The van der Waals surface area contributed by atoms with Gasteiger partial charge in [0, 0.05) is 7.05 Å². The van der Waals surface area contributed by atoms with Crippen molar-refractivity contribution in [3.8, 4) is 0 Å². The maximum atomic E-state index is 12.4. The van der Waals surface area contributed by atoms with Crippen molar-refractivity contribution in [1.82, 2.24) is 9.78 Å². The molecule has 1 aromatic heterocycles. The predicted molar refractivity (Wildman–Crippen MR) is 43.9 cm³/mol. The normalized spacial score (nSPS) is 12.0. The van der Waals surface area contributed by atoms with Crippen LogP contribution in [0.15, 0.2) is 9.50 Å². The van der Waals surface area contributed by atoms with Crippen LogP contribution < -0.4 is 0 Å². The maximum Gasteiger partial charge on any atom is 0.352 e. The molecule has 12 heavy (non-hydrogen) atoms. The summed E-state index contributed by atoms with van der Waals surface area (Å²) in [4.78, 5) is 0. The molecule has 0 amide bonds. The molecule has 0 saturated carbocycles. The summed E-state index contributed by atoms with van der Waals surface area (Å²) in [6, 6.07) is 0. The van der Waals surface area contributed by atoms with E-state index in [9.17, 15) is 12.3 Å². The lowest BCUT2D eigenvalue weighted by molar-refractivity contribution is 0.543. The number of nitrogens with zero attached hydrogens (tertiary/aromatic N) is 2. The number of aryl methyl sites for hydroxylation is 1. The van der Waals surface area contributed by atoms with Crippen molar-refractivity contribution in [2.24, 2.45) is 7.05 Å². The Hall–Kier alpha value is -0.430. The lowest BCUT2D eigenvalue weighted by atomic mass is 10.5. The molecule has 0 fully saturated rings. The highest BCUT2D eigenvalue weighted by Gasteiger charge is 2.22. The highest BCUT2D eigenvalue weighted by atomic mass is 79.9. The summed E-state index contributed by atoms with van der Waals surface area (Å²) >= 11 is 2.93. The zero-order valence-electron chi connectivity index (χ0n) is 6.38. The monoisotopic (exact) mass is 256 g/mol. The molecular weight excluding hydrogens is 251 g/mol. The van der Waals surface area contributed by atoms with Crippen LogP contribution in [-0.4, -0.2) is 18.2 Å². The van der Waals surface area contributed by atoms with Crippen LogP contribution in [0.4, 0.5) is 3.89 Å². The minimum Gasteiger partial charge on any atom is -0.270 e. The van der Waals surface area contributed by atoms with Gasteiger partial charge in [-0.15, -0.1) is 0 Å². The fourth-order valence-corrected chi connectivity index (χ4v) is 2.21. The van der Waals surface area contributed by atoms with E-state index in [1.54, 1.807) is 6.92 Å². The molecule has 0 aliphatic rings. The molecule has 0 N–H and O–H groups in total. The fourth-order valence-electron chi connectivity index (χ4n) is 0.708. The SMILES string of the molecule is Cc1c(Br)c(S(=O)(=O)F)nn1C. The quantitative estimate of drug-likeness (QED) is 0.709. The highest BCUT2D eigenvalue weighted by Crippen LogP contribution is 2.25. The van der Waals surface area contributed by atoms with Gasteiger partial charge in [-0.2, -0.15) is 13.5 Å². The molecule has 0 atom stereocenters. The van der Waals surface area contributed by atoms with Crippen LogP contribution in [0, 0.1) is 6.92 Å². The van der Waals surface area contributed by atoms with E-state index in [0.717, 1.165) is 0 Å². The van der Waals surface area contributed by atoms with Crippen molar-refractivity contribution in [1.29, 1.82) is 0 Å². The Bertz CT molecular complexity index is 411. The fraction of sp³-hybridized carbons (Fsp3) is 0.400. The average Bonchev–Trinajstić information content (AvgIpc) is 2.15. The van der Waals surface area contributed by atoms with Crippen LogP contribution in [0.2, 0.25) is 0 Å². The maximum absolute atomic E-state index is 12.4. The third-order valence-corrected chi connectivity index (χ3v) is 3.42. The molecule has 0 unspecified atom stereocenters. The third-order valence-electron chi connectivity index (χ3n) is 1.46. The second-order valence-corrected chi connectivity index (χ2v) is 4.32. The smallest absolute Gasteiger partial charge is 0.270 e. The van der Waals surface area contributed by atoms with Crippen molar-refractivity contribution >= 4 is 26.2 Å². The molecule has 0 aliphatic carbocycles. The third kappa shape index (κ3) is 1.51. The van der Waals surface area contributed by atoms with Crippen molar-refractivity contribution in [3.63, 3.8) is 0 Å². The number of halogens is 2. The Balaban J connectivity index is 3.48. The first-order valence-corrected chi connectivity index (χ1v) is 5.15. The van der Waals surface area contributed by atoms with Gasteiger partial charge < -0.3 is 0 Å². The summed E-state index contributed by atoms with van der Waals surface area (Å²) in [7, 11) is -3.18. The van der Waals surface area contributed by atoms with Crippen LogP contribution in [0.5, 0.6) is 0 Å². The summed E-state index contributed by atoms with van der Waals surface area (Å²) in [6.45, 7) is 1.63. The van der Waals surface area contributed by atoms with Gasteiger partial charge in [0.05, 0.1) is 10.2 Å². The van der Waals surface area contributed by atoms with E-state index in [-0.39, 0.29) is 4.47 Å². The van der Waals surface area contributed by atoms with Crippen LogP contribution in [0.25, 0.3) is 0 Å². The molecule has 0 aliphatic heterocycles. The predicted octanol–water partition coefficient (Wildman–Crippen LogP) is 1.15. The van der Waals surface area contributed by atoms with Crippen molar-refractivity contribution in [2.45, 2.75) is 11.9 Å². The summed E-state index contributed by atoms with van der Waals surface area (Å²) in [5.74, 6) is 0. The standard InChI is InChI=1S/C5H6BrFN2O2S/c1-3-4(6)5(8-9(3)2)12(7,10)11/h1-2H3. The molecule has 0 spiro atoms. The average molecular weight is 257 g/mol. The van der Waals surface area contributed by atoms with Gasteiger partial charge in [0.25, 0.3) is 0 Å². The molecule has 68 valence electrons. The zero-order valence-corrected chi connectivity index (χ0v) is 8.78.